The normalized spacial score (nSPS) is 11.3. The Morgan fingerprint density at radius 1 is 0.492 bits per heavy atom. The third kappa shape index (κ3) is 21.9. The predicted octanol–water partition coefficient (Wildman–Crippen LogP) is 12.4. The number of rotatable bonds is 28. The molecule has 0 aromatic heterocycles. The van der Waals surface area contributed by atoms with Crippen LogP contribution in [0.25, 0.3) is 0 Å². The average Bonchev–Trinajstić information content (AvgIpc) is 3.20. The number of aryl methyl sites for hydroxylation is 2. The summed E-state index contributed by atoms with van der Waals surface area (Å²) < 4.78 is 80.9. The van der Waals surface area contributed by atoms with Crippen LogP contribution in [0.2, 0.25) is 0 Å². The fourth-order valence-corrected chi connectivity index (χ4v) is 8.85. The SMILES string of the molecule is CCCCCCCCCCCCc1cccc(Oc2ccc(O)cc2)c1S(=O)(=O)O.CCCCCCCCCCCCc1cccc(Oc2ccc([O-])cc2)c1S(=O)(=O)[O-].[Ca+2]. The Balaban J connectivity index is 0.000000413. The molecule has 10 nitrogen and oxygen atoms in total. The topological polar surface area (TPSA) is 173 Å². The second-order valence-corrected chi connectivity index (χ2v) is 18.1. The number of hydrogen-bond acceptors (Lipinski definition) is 9. The summed E-state index contributed by atoms with van der Waals surface area (Å²) in [7, 11) is -9.12. The van der Waals surface area contributed by atoms with Crippen LogP contribution in [0, 0.1) is 0 Å². The molecule has 332 valence electrons. The quantitative estimate of drug-likeness (QED) is 0.0317. The first kappa shape index (κ1) is 54.3. The van der Waals surface area contributed by atoms with Crippen LogP contribution in [0.1, 0.15) is 153 Å². The molecule has 4 aromatic rings. The molecule has 0 fully saturated rings. The van der Waals surface area contributed by atoms with Crippen molar-refractivity contribution in [3.05, 3.63) is 96.1 Å². The second-order valence-electron chi connectivity index (χ2n) is 15.5. The molecule has 2 N–H and O–H groups in total. The van der Waals surface area contributed by atoms with Crippen LogP contribution in [0.15, 0.2) is 94.7 Å². The van der Waals surface area contributed by atoms with E-state index in [1.807, 2.05) is 0 Å². The Bertz CT molecular complexity index is 1870. The molecule has 0 unspecified atom stereocenters. The van der Waals surface area contributed by atoms with E-state index in [-0.39, 0.29) is 70.5 Å². The average molecular weight is 907 g/mol. The molecule has 0 aliphatic rings. The molecule has 0 saturated heterocycles. The monoisotopic (exact) mass is 906 g/mol. The van der Waals surface area contributed by atoms with Gasteiger partial charge in [0.15, 0.2) is 0 Å². The van der Waals surface area contributed by atoms with Crippen molar-refractivity contribution in [1.82, 2.24) is 0 Å². The van der Waals surface area contributed by atoms with Gasteiger partial charge in [-0.05, 0) is 85.3 Å². The first-order valence-electron chi connectivity index (χ1n) is 21.9. The molecule has 0 amide bonds. The molecule has 0 heterocycles. The van der Waals surface area contributed by atoms with Crippen molar-refractivity contribution in [1.29, 1.82) is 0 Å². The summed E-state index contributed by atoms with van der Waals surface area (Å²) in [6, 6.07) is 21.4. The Hall–Kier alpha value is -2.84. The number of phenols is 1. The van der Waals surface area contributed by atoms with Gasteiger partial charge in [0.05, 0.1) is 0 Å². The molecule has 4 aromatic carbocycles. The minimum atomic E-state index is -4.69. The molecule has 61 heavy (non-hydrogen) atoms. The van der Waals surface area contributed by atoms with Crippen molar-refractivity contribution < 1.29 is 45.6 Å². The Kier molecular flexibility index (Phi) is 27.0. The van der Waals surface area contributed by atoms with Crippen molar-refractivity contribution in [3.63, 3.8) is 0 Å². The van der Waals surface area contributed by atoms with Crippen molar-refractivity contribution in [2.24, 2.45) is 0 Å². The molecule has 0 aliphatic carbocycles. The molecule has 0 saturated carbocycles. The van der Waals surface area contributed by atoms with E-state index >= 15 is 0 Å². The van der Waals surface area contributed by atoms with E-state index in [0.29, 0.717) is 35.5 Å². The minimum absolute atomic E-state index is 0. The molecular weight excluding hydrogens is 841 g/mol. The van der Waals surface area contributed by atoms with E-state index in [1.54, 1.807) is 24.3 Å². The van der Waals surface area contributed by atoms with Crippen molar-refractivity contribution >= 4 is 58.0 Å². The zero-order chi connectivity index (χ0) is 43.6. The van der Waals surface area contributed by atoms with Crippen molar-refractivity contribution in [3.8, 4) is 34.5 Å². The van der Waals surface area contributed by atoms with E-state index in [9.17, 15) is 36.2 Å². The van der Waals surface area contributed by atoms with Gasteiger partial charge in [-0.1, -0.05) is 166 Å². The molecular formula is C48H66CaO10S2. The Morgan fingerprint density at radius 3 is 1.21 bits per heavy atom. The molecule has 0 radical (unpaired) electrons. The van der Waals surface area contributed by atoms with Gasteiger partial charge in [0.1, 0.15) is 48.7 Å². The number of aromatic hydroxyl groups is 1. The van der Waals surface area contributed by atoms with E-state index < -0.39 is 20.2 Å². The third-order valence-electron chi connectivity index (χ3n) is 10.3. The maximum atomic E-state index is 12.0. The van der Waals surface area contributed by atoms with Crippen LogP contribution in [-0.2, 0) is 33.1 Å². The van der Waals surface area contributed by atoms with Gasteiger partial charge in [-0.3, -0.25) is 4.55 Å². The van der Waals surface area contributed by atoms with Crippen LogP contribution in [0.4, 0.5) is 0 Å². The molecule has 0 aliphatic heterocycles. The van der Waals surface area contributed by atoms with Gasteiger partial charge < -0.3 is 24.2 Å². The summed E-state index contributed by atoms with van der Waals surface area (Å²) in [6.45, 7) is 4.44. The standard InChI is InChI=1S/2C24H34O5S.Ca/c2*1-2-3-4-5-6-7-8-9-10-11-13-20-14-12-15-23(24(20)30(26,27)28)29-22-18-16-21(25)17-19-22;/h2*12,14-19,25H,2-11,13H2,1H3,(H,26,27,28);/q;;+2/p-2. The second kappa shape index (κ2) is 30.3. The summed E-state index contributed by atoms with van der Waals surface area (Å²) >= 11 is 0. The molecule has 0 atom stereocenters. The van der Waals surface area contributed by atoms with Crippen LogP contribution in [0.3, 0.4) is 0 Å². The smallest absolute Gasteiger partial charge is 0.872 e. The van der Waals surface area contributed by atoms with Crippen molar-refractivity contribution in [2.45, 2.75) is 165 Å². The Morgan fingerprint density at radius 2 is 0.836 bits per heavy atom. The van der Waals surface area contributed by atoms with E-state index in [4.69, 9.17) is 9.47 Å². The third-order valence-corrected chi connectivity index (χ3v) is 12.3. The zero-order valence-corrected chi connectivity index (χ0v) is 40.2. The van der Waals surface area contributed by atoms with Gasteiger partial charge in [-0.15, -0.1) is 5.75 Å². The maximum absolute atomic E-state index is 12.0. The predicted molar refractivity (Wildman–Crippen MR) is 242 cm³/mol. The summed E-state index contributed by atoms with van der Waals surface area (Å²) in [5, 5.41) is 20.6. The zero-order valence-electron chi connectivity index (χ0n) is 36.3. The van der Waals surface area contributed by atoms with Gasteiger partial charge in [0.25, 0.3) is 10.1 Å². The van der Waals surface area contributed by atoms with E-state index in [2.05, 4.69) is 13.8 Å². The molecule has 0 bridgehead atoms. The fourth-order valence-electron chi connectivity index (χ4n) is 7.14. The maximum Gasteiger partial charge on any atom is 2.00 e. The largest absolute Gasteiger partial charge is 2.00 e. The number of unbranched alkanes of at least 4 members (excludes halogenated alkanes) is 18. The van der Waals surface area contributed by atoms with Gasteiger partial charge in [-0.2, -0.15) is 8.42 Å². The fraction of sp³-hybridized carbons (Fsp3) is 0.500. The van der Waals surface area contributed by atoms with Gasteiger partial charge in [0.2, 0.25) is 0 Å². The van der Waals surface area contributed by atoms with Gasteiger partial charge in [0, 0.05) is 0 Å². The number of phenolic OH excluding ortho intramolecular Hbond substituents is 1. The minimum Gasteiger partial charge on any atom is -0.872 e. The summed E-state index contributed by atoms with van der Waals surface area (Å²) in [5.74, 6) is 0.714. The summed E-state index contributed by atoms with van der Waals surface area (Å²) in [5.41, 5.74) is 1.05. The number of hydrogen-bond donors (Lipinski definition) is 2. The van der Waals surface area contributed by atoms with Crippen LogP contribution < -0.4 is 14.6 Å². The molecule has 13 heteroatoms. The van der Waals surface area contributed by atoms with Crippen LogP contribution in [-0.4, -0.2) is 68.8 Å². The number of benzene rings is 4. The first-order valence-corrected chi connectivity index (χ1v) is 24.8. The van der Waals surface area contributed by atoms with Crippen LogP contribution in [0.5, 0.6) is 34.5 Å². The first-order chi connectivity index (χ1) is 28.8. The van der Waals surface area contributed by atoms with Crippen LogP contribution >= 0.6 is 0 Å². The van der Waals surface area contributed by atoms with Gasteiger partial charge >= 0.3 is 37.7 Å². The van der Waals surface area contributed by atoms with Gasteiger partial charge in [-0.25, -0.2) is 8.42 Å². The number of ether oxygens (including phenoxy) is 2. The summed E-state index contributed by atoms with van der Waals surface area (Å²) in [6.07, 6.45) is 25.0. The van der Waals surface area contributed by atoms with E-state index in [0.717, 1.165) is 38.5 Å². The van der Waals surface area contributed by atoms with E-state index in [1.165, 1.54) is 151 Å². The summed E-state index contributed by atoms with van der Waals surface area (Å²) in [4.78, 5) is -0.471. The molecule has 0 spiro atoms. The Labute approximate surface area is 396 Å². The van der Waals surface area contributed by atoms with Crippen molar-refractivity contribution in [2.75, 3.05) is 0 Å². The molecule has 4 rings (SSSR count).